The summed E-state index contributed by atoms with van der Waals surface area (Å²) in [7, 11) is -2.57. The largest absolute Gasteiger partial charge is 0.409 e. The Bertz CT molecular complexity index is 1130. The van der Waals surface area contributed by atoms with Gasteiger partial charge in [-0.1, -0.05) is 36.7 Å². The number of nitrogens with zero attached hydrogens (tertiary/aromatic N) is 1. The molecular weight excluding hydrogens is 521 g/mol. The molecule has 0 spiro atoms. The number of benzene rings is 1. The number of hydrogen-bond donors (Lipinski definition) is 3. The van der Waals surface area contributed by atoms with Gasteiger partial charge >= 0.3 is 6.18 Å². The number of carbonyl (C=O) groups excluding carboxylic acids is 1. The number of hydrogen-bond acceptors (Lipinski definition) is 5. The Kier molecular flexibility index (Phi) is 6.94. The van der Waals surface area contributed by atoms with Gasteiger partial charge in [0.15, 0.2) is 4.75 Å². The van der Waals surface area contributed by atoms with Gasteiger partial charge in [0.2, 0.25) is 0 Å². The maximum absolute atomic E-state index is 14.5. The van der Waals surface area contributed by atoms with Gasteiger partial charge in [0.25, 0.3) is 5.91 Å². The van der Waals surface area contributed by atoms with Gasteiger partial charge in [0.05, 0.1) is 17.5 Å². The highest BCUT2D eigenvalue weighted by Gasteiger charge is 2.60. The Hall–Kier alpha value is -1.46. The second-order valence-electron chi connectivity index (χ2n) is 9.70. The summed E-state index contributed by atoms with van der Waals surface area (Å²) in [6, 6.07) is 2.65. The molecule has 0 aromatic heterocycles. The van der Waals surface area contributed by atoms with Gasteiger partial charge < -0.3 is 5.32 Å². The first kappa shape index (κ1) is 26.6. The highest BCUT2D eigenvalue weighted by atomic mass is 35.5. The summed E-state index contributed by atoms with van der Waals surface area (Å²) in [6.45, 7) is 7.13. The van der Waals surface area contributed by atoms with E-state index in [1.165, 1.54) is 6.07 Å². The smallest absolute Gasteiger partial charge is 0.346 e. The van der Waals surface area contributed by atoms with Gasteiger partial charge in [0.1, 0.15) is 0 Å². The third-order valence-electron chi connectivity index (χ3n) is 7.03. The second-order valence-corrected chi connectivity index (χ2v) is 13.4. The van der Waals surface area contributed by atoms with Gasteiger partial charge in [-0.2, -0.15) is 23.8 Å². The fourth-order valence-electron chi connectivity index (χ4n) is 4.76. The van der Waals surface area contributed by atoms with E-state index in [0.717, 1.165) is 5.56 Å². The summed E-state index contributed by atoms with van der Waals surface area (Å²) in [5, 5.41) is 3.10. The number of nitrogens with one attached hydrogen (secondary N) is 1. The number of allylic oxidation sites excluding steroid dienone is 2. The predicted molar refractivity (Wildman–Crippen MR) is 137 cm³/mol. The summed E-state index contributed by atoms with van der Waals surface area (Å²) in [5.41, 5.74) is 3.07. The van der Waals surface area contributed by atoms with Crippen molar-refractivity contribution in [1.82, 2.24) is 5.32 Å². The highest BCUT2D eigenvalue weighted by molar-refractivity contribution is 8.25. The topological polar surface area (TPSA) is 81.9 Å². The van der Waals surface area contributed by atoms with Gasteiger partial charge in [-0.15, -0.1) is 0 Å². The van der Waals surface area contributed by atoms with Crippen LogP contribution in [-0.2, 0) is 9.54 Å². The fourth-order valence-corrected chi connectivity index (χ4v) is 7.38. The molecule has 1 aromatic rings. The summed E-state index contributed by atoms with van der Waals surface area (Å²) >= 11 is 6.79. The molecule has 2 aliphatic heterocycles. The van der Waals surface area contributed by atoms with Gasteiger partial charge in [-0.3, -0.25) is 13.9 Å². The average Bonchev–Trinajstić information content (AvgIpc) is 3.18. The molecule has 1 aromatic carbocycles. The molecule has 0 radical (unpaired) electrons. The van der Waals surface area contributed by atoms with E-state index in [-0.39, 0.29) is 47.3 Å². The van der Waals surface area contributed by atoms with Crippen LogP contribution in [0.25, 0.3) is 0 Å². The van der Waals surface area contributed by atoms with Crippen LogP contribution in [0.15, 0.2) is 39.8 Å². The molecule has 3 unspecified atom stereocenters. The van der Waals surface area contributed by atoms with Crippen LogP contribution < -0.4 is 5.32 Å². The third kappa shape index (κ3) is 4.92. The van der Waals surface area contributed by atoms with Crippen LogP contribution in [0.2, 0.25) is 5.02 Å². The zero-order valence-electron chi connectivity index (χ0n) is 19.7. The number of aryl methyl sites for hydroxylation is 1. The van der Waals surface area contributed by atoms with Crippen molar-refractivity contribution in [3.05, 3.63) is 57.1 Å². The molecule has 5 nitrogen and oxygen atoms in total. The summed E-state index contributed by atoms with van der Waals surface area (Å²) in [4.78, 5) is 12.7. The van der Waals surface area contributed by atoms with Crippen molar-refractivity contribution in [2.24, 2.45) is 16.2 Å². The van der Waals surface area contributed by atoms with E-state index in [9.17, 15) is 27.1 Å². The van der Waals surface area contributed by atoms with E-state index in [0.29, 0.717) is 39.4 Å². The van der Waals surface area contributed by atoms with Crippen LogP contribution in [0.4, 0.5) is 13.2 Å². The molecule has 11 heteroatoms. The van der Waals surface area contributed by atoms with Crippen LogP contribution in [0, 0.1) is 25.7 Å². The lowest BCUT2D eigenvalue weighted by Crippen LogP contribution is -2.51. The van der Waals surface area contributed by atoms with Crippen molar-refractivity contribution in [3.63, 3.8) is 0 Å². The molecular formula is C24H28ClF3N2O3S2. The fraction of sp³-hybridized carbons (Fsp3) is 0.500. The first-order valence-electron chi connectivity index (χ1n) is 11.2. The standard InChI is InChI=1S/C24H28ClF3N2O3S2/c1-12-5-16(8-20(25)15(12)4)23(24(26,27)28)9-21(30-34-23)18-6-14(3)19(7-13(18)2)22(31)29-17-10-35(32,33)11-17/h5-8,13,17-18,32-33H,9-11H2,1-4H3,(H,29,31). The van der Waals surface area contributed by atoms with Crippen LogP contribution in [-0.4, -0.2) is 44.4 Å². The van der Waals surface area contributed by atoms with Crippen molar-refractivity contribution >= 4 is 45.8 Å². The van der Waals surface area contributed by atoms with Crippen molar-refractivity contribution < 1.29 is 27.1 Å². The Morgan fingerprint density at radius 2 is 1.89 bits per heavy atom. The minimum absolute atomic E-state index is 0.0908. The molecule has 2 heterocycles. The SMILES string of the molecule is CC1=CC(C2=NSC(c3cc(C)c(C)c(Cl)c3)(C(F)(F)F)C2)C(C)C=C1C(=O)NC1CS(O)(O)C1. The Balaban J connectivity index is 1.55. The lowest BCUT2D eigenvalue weighted by Gasteiger charge is -2.47. The predicted octanol–water partition coefficient (Wildman–Crippen LogP) is 6.59. The molecule has 1 fully saturated rings. The molecule has 4 rings (SSSR count). The van der Waals surface area contributed by atoms with Crippen molar-refractivity contribution in [1.29, 1.82) is 0 Å². The number of alkyl halides is 3. The van der Waals surface area contributed by atoms with E-state index >= 15 is 0 Å². The lowest BCUT2D eigenvalue weighted by molar-refractivity contribution is -0.160. The van der Waals surface area contributed by atoms with Crippen molar-refractivity contribution in [2.45, 2.75) is 51.1 Å². The van der Waals surface area contributed by atoms with Gasteiger partial charge in [-0.05, 0) is 67.0 Å². The maximum atomic E-state index is 14.5. The minimum Gasteiger partial charge on any atom is -0.346 e. The molecule has 192 valence electrons. The van der Waals surface area contributed by atoms with E-state index in [1.54, 1.807) is 32.9 Å². The quantitative estimate of drug-likeness (QED) is 0.370. The molecule has 1 saturated heterocycles. The average molecular weight is 549 g/mol. The van der Waals surface area contributed by atoms with Crippen LogP contribution in [0.3, 0.4) is 0 Å². The van der Waals surface area contributed by atoms with Gasteiger partial charge in [0, 0.05) is 28.6 Å². The molecule has 1 aliphatic carbocycles. The summed E-state index contributed by atoms with van der Waals surface area (Å²) < 4.78 is 64.7. The lowest BCUT2D eigenvalue weighted by atomic mass is 9.77. The first-order valence-corrected chi connectivity index (χ1v) is 14.2. The Morgan fingerprint density at radius 1 is 1.23 bits per heavy atom. The second kappa shape index (κ2) is 9.13. The zero-order chi connectivity index (χ0) is 25.9. The summed E-state index contributed by atoms with van der Waals surface area (Å²) in [5.74, 6) is -0.651. The van der Waals surface area contributed by atoms with E-state index in [4.69, 9.17) is 11.6 Å². The third-order valence-corrected chi connectivity index (χ3v) is 10.5. The molecule has 0 saturated carbocycles. The maximum Gasteiger partial charge on any atom is 0.409 e. The summed E-state index contributed by atoms with van der Waals surface area (Å²) in [6.07, 6.45) is -1.27. The van der Waals surface area contributed by atoms with E-state index in [1.807, 2.05) is 13.0 Å². The van der Waals surface area contributed by atoms with Crippen LogP contribution in [0.1, 0.15) is 37.0 Å². The Morgan fingerprint density at radius 3 is 2.46 bits per heavy atom. The monoisotopic (exact) mass is 548 g/mol. The number of carbonyl (C=O) groups is 1. The van der Waals surface area contributed by atoms with Crippen molar-refractivity contribution in [3.8, 4) is 0 Å². The molecule has 3 aliphatic rings. The van der Waals surface area contributed by atoms with E-state index in [2.05, 4.69) is 9.71 Å². The van der Waals surface area contributed by atoms with Crippen LogP contribution in [0.5, 0.6) is 0 Å². The number of amides is 1. The van der Waals surface area contributed by atoms with Gasteiger partial charge in [-0.25, -0.2) is 4.40 Å². The molecule has 3 N–H and O–H groups in total. The van der Waals surface area contributed by atoms with Crippen LogP contribution >= 0.6 is 34.1 Å². The molecule has 3 atom stereocenters. The number of rotatable bonds is 4. The molecule has 1 amide bonds. The van der Waals surface area contributed by atoms with E-state index < -0.39 is 21.5 Å². The molecule has 0 bridgehead atoms. The molecule has 35 heavy (non-hydrogen) atoms. The number of halogens is 4. The minimum atomic E-state index is -4.55. The first-order chi connectivity index (χ1) is 16.1. The zero-order valence-corrected chi connectivity index (χ0v) is 22.1. The normalized spacial score (nSPS) is 29.6. The van der Waals surface area contributed by atoms with Crippen molar-refractivity contribution in [2.75, 3.05) is 11.5 Å². The highest BCUT2D eigenvalue weighted by Crippen LogP contribution is 2.58. The Labute approximate surface area is 213 Å².